The largest absolute Gasteiger partial charge is 0.473 e. The summed E-state index contributed by atoms with van der Waals surface area (Å²) in [4.78, 5) is 25.0. The van der Waals surface area contributed by atoms with E-state index in [9.17, 15) is 9.18 Å². The number of carbonyl (C=O) groups excluding carboxylic acids is 1. The van der Waals surface area contributed by atoms with Crippen LogP contribution in [-0.4, -0.2) is 51.1 Å². The molecule has 4 aromatic rings. The lowest BCUT2D eigenvalue weighted by Crippen LogP contribution is -2.44. The van der Waals surface area contributed by atoms with Gasteiger partial charge in [-0.2, -0.15) is 0 Å². The maximum atomic E-state index is 14.1. The molecule has 0 radical (unpaired) electrons. The molecule has 3 aliphatic rings. The second-order valence-corrected chi connectivity index (χ2v) is 13.4. The van der Waals surface area contributed by atoms with Gasteiger partial charge in [-0.1, -0.05) is 30.2 Å². The van der Waals surface area contributed by atoms with Crippen LogP contribution in [0.3, 0.4) is 0 Å². The Kier molecular flexibility index (Phi) is 8.50. The molecule has 2 aromatic heterocycles. The Morgan fingerprint density at radius 1 is 1.09 bits per heavy atom. The molecule has 1 N–H and O–H groups in total. The molecule has 1 saturated carbocycles. The molecule has 236 valence electrons. The molecular weight excluding hydrogens is 593 g/mol. The van der Waals surface area contributed by atoms with Gasteiger partial charge in [0.1, 0.15) is 24.4 Å². The highest BCUT2D eigenvalue weighted by atomic mass is 35.5. The number of aryl methyl sites for hydroxylation is 1. The summed E-state index contributed by atoms with van der Waals surface area (Å²) in [6, 6.07) is 16.3. The van der Waals surface area contributed by atoms with E-state index in [0.29, 0.717) is 34.4 Å². The molecule has 0 bridgehead atoms. The van der Waals surface area contributed by atoms with Gasteiger partial charge in [-0.25, -0.2) is 14.4 Å². The van der Waals surface area contributed by atoms with Crippen molar-refractivity contribution in [2.24, 2.45) is 12.5 Å². The van der Waals surface area contributed by atoms with Crippen molar-refractivity contribution in [2.45, 2.75) is 70.1 Å². The molecule has 1 spiro atoms. The average molecular weight is 632 g/mol. The van der Waals surface area contributed by atoms with Crippen LogP contribution < -0.4 is 10.1 Å². The highest BCUT2D eigenvalue weighted by molar-refractivity contribution is 6.30. The first-order valence-electron chi connectivity index (χ1n) is 16.0. The van der Waals surface area contributed by atoms with Crippen molar-refractivity contribution in [1.82, 2.24) is 19.4 Å². The molecule has 10 heteroatoms. The van der Waals surface area contributed by atoms with Crippen molar-refractivity contribution in [2.75, 3.05) is 25.0 Å². The Morgan fingerprint density at radius 3 is 2.67 bits per heavy atom. The Morgan fingerprint density at radius 2 is 1.93 bits per heavy atom. The monoisotopic (exact) mass is 631 g/mol. The Labute approximate surface area is 267 Å². The molecule has 1 amide bonds. The van der Waals surface area contributed by atoms with Crippen molar-refractivity contribution < 1.29 is 18.7 Å². The van der Waals surface area contributed by atoms with Crippen LogP contribution in [0.4, 0.5) is 10.1 Å². The molecule has 2 aliphatic heterocycles. The zero-order valence-electron chi connectivity index (χ0n) is 25.6. The number of amides is 1. The smallest absolute Gasteiger partial charge is 0.253 e. The van der Waals surface area contributed by atoms with Gasteiger partial charge in [-0.3, -0.25) is 9.69 Å². The Balaban J connectivity index is 0.926. The van der Waals surface area contributed by atoms with Crippen LogP contribution >= 0.6 is 11.6 Å². The minimum Gasteiger partial charge on any atom is -0.473 e. The van der Waals surface area contributed by atoms with Gasteiger partial charge in [0.25, 0.3) is 5.91 Å². The van der Waals surface area contributed by atoms with Gasteiger partial charge in [0.05, 0.1) is 24.2 Å². The number of nitrogens with zero attached hydrogens (tertiary/aromatic N) is 4. The summed E-state index contributed by atoms with van der Waals surface area (Å²) in [7, 11) is 2.05. The van der Waals surface area contributed by atoms with Gasteiger partial charge in [-0.05, 0) is 93.4 Å². The summed E-state index contributed by atoms with van der Waals surface area (Å²) < 4.78 is 28.1. The molecule has 3 fully saturated rings. The molecular formula is C35H39ClFN5O3. The molecule has 45 heavy (non-hydrogen) atoms. The number of aromatic nitrogens is 3. The number of anilines is 1. The van der Waals surface area contributed by atoms with Crippen molar-refractivity contribution in [3.63, 3.8) is 0 Å². The van der Waals surface area contributed by atoms with Crippen molar-refractivity contribution >= 4 is 34.2 Å². The number of imidazole rings is 1. The van der Waals surface area contributed by atoms with Crippen LogP contribution in [0.5, 0.6) is 5.88 Å². The number of nitrogens with one attached hydrogen (secondary N) is 1. The van der Waals surface area contributed by atoms with Crippen molar-refractivity contribution in [3.05, 3.63) is 82.5 Å². The van der Waals surface area contributed by atoms with E-state index in [-0.39, 0.29) is 24.4 Å². The lowest BCUT2D eigenvalue weighted by Gasteiger charge is -2.46. The zero-order valence-corrected chi connectivity index (χ0v) is 26.4. The third-order valence-corrected chi connectivity index (χ3v) is 10.2. The first-order chi connectivity index (χ1) is 21.8. The van der Waals surface area contributed by atoms with Crippen LogP contribution in [0.1, 0.15) is 67.9 Å². The SMILES string of the molecule is Cn1c(CN2CCC(c3cccc(OCc4ccc(Cl)cc4F)n3)CC2)nc2cc(NC(=O)C3CCC4(CCC4)CO3)ccc21. The average Bonchev–Trinajstić information content (AvgIpc) is 3.34. The molecule has 2 saturated heterocycles. The normalized spacial score (nSPS) is 20.3. The highest BCUT2D eigenvalue weighted by Crippen LogP contribution is 2.48. The van der Waals surface area contributed by atoms with Crippen LogP contribution in [0.25, 0.3) is 11.0 Å². The number of piperidine rings is 1. The van der Waals surface area contributed by atoms with E-state index in [1.165, 1.54) is 25.3 Å². The number of halogens is 2. The van der Waals surface area contributed by atoms with E-state index < -0.39 is 0 Å². The molecule has 1 atom stereocenters. The van der Waals surface area contributed by atoms with Crippen LogP contribution in [0.15, 0.2) is 54.6 Å². The predicted molar refractivity (Wildman–Crippen MR) is 172 cm³/mol. The van der Waals surface area contributed by atoms with E-state index >= 15 is 0 Å². The maximum absolute atomic E-state index is 14.1. The van der Waals surface area contributed by atoms with Gasteiger partial charge < -0.3 is 19.4 Å². The second kappa shape index (κ2) is 12.7. The molecule has 1 unspecified atom stereocenters. The van der Waals surface area contributed by atoms with Gasteiger partial charge >= 0.3 is 0 Å². The van der Waals surface area contributed by atoms with Crippen LogP contribution in [0, 0.1) is 11.2 Å². The van der Waals surface area contributed by atoms with Crippen LogP contribution in [0.2, 0.25) is 5.02 Å². The lowest BCUT2D eigenvalue weighted by atomic mass is 9.65. The standard InChI is InChI=1S/C35H39ClFN5O3/c1-41-30-9-8-26(38-34(43)31-10-15-35(22-45-31)13-3-14-35)19-29(30)39-32(41)20-42-16-11-23(12-17-42)28-4-2-5-33(40-28)44-21-24-6-7-25(36)18-27(24)37/h2,4-9,18-19,23,31H,3,10-17,20-22H2,1H3,(H,38,43). The fourth-order valence-corrected chi connectivity index (χ4v) is 7.11. The number of ether oxygens (including phenoxy) is 2. The minimum atomic E-state index is -0.384. The van der Waals surface area contributed by atoms with E-state index in [2.05, 4.69) is 14.8 Å². The van der Waals surface area contributed by atoms with Gasteiger partial charge in [-0.15, -0.1) is 0 Å². The summed E-state index contributed by atoms with van der Waals surface area (Å²) in [5.74, 6) is 1.37. The number of benzene rings is 2. The first-order valence-corrected chi connectivity index (χ1v) is 16.4. The first kappa shape index (κ1) is 30.1. The Bertz CT molecular complexity index is 1690. The predicted octanol–water partition coefficient (Wildman–Crippen LogP) is 7.01. The topological polar surface area (TPSA) is 81.5 Å². The maximum Gasteiger partial charge on any atom is 0.253 e. The molecule has 2 aromatic carbocycles. The number of fused-ring (bicyclic) bond motifs is 1. The summed E-state index contributed by atoms with van der Waals surface area (Å²) in [5.41, 5.74) is 4.45. The third kappa shape index (κ3) is 6.57. The summed E-state index contributed by atoms with van der Waals surface area (Å²) in [6.45, 7) is 3.41. The summed E-state index contributed by atoms with van der Waals surface area (Å²) in [6.07, 6.45) is 7.20. The molecule has 8 nitrogen and oxygen atoms in total. The summed E-state index contributed by atoms with van der Waals surface area (Å²) in [5, 5.41) is 3.42. The highest BCUT2D eigenvalue weighted by Gasteiger charge is 2.42. The van der Waals surface area contributed by atoms with E-state index in [1.807, 2.05) is 43.4 Å². The fourth-order valence-electron chi connectivity index (χ4n) is 6.96. The lowest BCUT2D eigenvalue weighted by molar-refractivity contribution is -0.142. The van der Waals surface area contributed by atoms with Crippen LogP contribution in [-0.2, 0) is 29.7 Å². The fraction of sp³-hybridized carbons (Fsp3) is 0.457. The van der Waals surface area contributed by atoms with Gasteiger partial charge in [0.15, 0.2) is 0 Å². The number of pyridine rings is 1. The molecule has 7 rings (SSSR count). The number of likely N-dealkylation sites (tertiary alicyclic amines) is 1. The van der Waals surface area contributed by atoms with E-state index in [4.69, 9.17) is 31.0 Å². The van der Waals surface area contributed by atoms with E-state index in [1.54, 1.807) is 12.1 Å². The van der Waals surface area contributed by atoms with E-state index in [0.717, 1.165) is 73.6 Å². The summed E-state index contributed by atoms with van der Waals surface area (Å²) >= 11 is 5.86. The van der Waals surface area contributed by atoms with Crippen molar-refractivity contribution in [1.29, 1.82) is 0 Å². The van der Waals surface area contributed by atoms with Crippen molar-refractivity contribution in [3.8, 4) is 5.88 Å². The second-order valence-electron chi connectivity index (χ2n) is 12.9. The zero-order chi connectivity index (χ0) is 31.0. The Hall–Kier alpha value is -3.53. The van der Waals surface area contributed by atoms with Gasteiger partial charge in [0, 0.05) is 41.0 Å². The molecule has 4 heterocycles. The number of hydrogen-bond acceptors (Lipinski definition) is 6. The molecule has 1 aliphatic carbocycles. The third-order valence-electron chi connectivity index (χ3n) is 9.98. The minimum absolute atomic E-state index is 0.0652. The number of hydrogen-bond donors (Lipinski definition) is 1. The van der Waals surface area contributed by atoms with Gasteiger partial charge in [0.2, 0.25) is 5.88 Å². The number of rotatable bonds is 8. The quantitative estimate of drug-likeness (QED) is 0.225. The number of carbonyl (C=O) groups is 1.